The van der Waals surface area contributed by atoms with E-state index in [0.717, 1.165) is 26.4 Å². The fourth-order valence-corrected chi connectivity index (χ4v) is 3.43. The molecule has 0 bridgehead atoms. The smallest absolute Gasteiger partial charge is 0.149 e. The van der Waals surface area contributed by atoms with Crippen molar-refractivity contribution in [3.05, 3.63) is 73.2 Å². The van der Waals surface area contributed by atoms with Crippen LogP contribution in [-0.2, 0) is 0 Å². The van der Waals surface area contributed by atoms with Crippen molar-refractivity contribution in [2.45, 2.75) is 0 Å². The van der Waals surface area contributed by atoms with Crippen molar-refractivity contribution in [1.29, 1.82) is 0 Å². The Bertz CT molecular complexity index is 1060. The van der Waals surface area contributed by atoms with Gasteiger partial charge in [0.2, 0.25) is 0 Å². The van der Waals surface area contributed by atoms with Crippen LogP contribution in [-0.4, -0.2) is 9.97 Å². The van der Waals surface area contributed by atoms with Gasteiger partial charge in [-0.3, -0.25) is 9.97 Å². The molecule has 0 aliphatic heterocycles. The number of anilines is 1. The first kappa shape index (κ1) is 15.5. The minimum absolute atomic E-state index is 0.0885. The van der Waals surface area contributed by atoms with Crippen molar-refractivity contribution < 1.29 is 9.13 Å². The molecule has 0 aliphatic carbocycles. The topological polar surface area (TPSA) is 61.0 Å². The summed E-state index contributed by atoms with van der Waals surface area (Å²) >= 11 is 1.52. The zero-order valence-electron chi connectivity index (χ0n) is 13.1. The number of nitrogens with two attached hydrogens (primary N) is 1. The predicted molar refractivity (Wildman–Crippen MR) is 98.2 cm³/mol. The van der Waals surface area contributed by atoms with Gasteiger partial charge >= 0.3 is 0 Å². The third-order valence-corrected chi connectivity index (χ3v) is 4.81. The van der Waals surface area contributed by atoms with Crippen LogP contribution in [0.15, 0.2) is 54.9 Å². The van der Waals surface area contributed by atoms with E-state index in [1.54, 1.807) is 24.5 Å². The van der Waals surface area contributed by atoms with Crippen LogP contribution in [0.4, 0.5) is 10.1 Å². The van der Waals surface area contributed by atoms with Crippen LogP contribution in [0.25, 0.3) is 20.8 Å². The van der Waals surface area contributed by atoms with Gasteiger partial charge in [0.15, 0.2) is 0 Å². The molecule has 0 amide bonds. The first-order valence-electron chi connectivity index (χ1n) is 7.50. The third-order valence-electron chi connectivity index (χ3n) is 3.65. The maximum atomic E-state index is 13.6. The molecule has 0 atom stereocenters. The van der Waals surface area contributed by atoms with Crippen LogP contribution in [0.2, 0.25) is 0 Å². The number of ether oxygens (including phenoxy) is 1. The second kappa shape index (κ2) is 6.14. The van der Waals surface area contributed by atoms with Crippen LogP contribution in [0, 0.1) is 12.7 Å². The lowest BCUT2D eigenvalue weighted by Crippen LogP contribution is -1.91. The SMILES string of the molecule is [CH2]c1ccc(-c2cc3nccc(Oc4ccc(N)c(F)c4)c3s2)nc1. The first-order chi connectivity index (χ1) is 12.1. The normalized spacial score (nSPS) is 11.0. The lowest BCUT2D eigenvalue weighted by molar-refractivity contribution is 0.483. The molecule has 0 unspecified atom stereocenters. The molecule has 2 N–H and O–H groups in total. The summed E-state index contributed by atoms with van der Waals surface area (Å²) in [5, 5.41) is 0. The fraction of sp³-hybridized carbons (Fsp3) is 0. The van der Waals surface area contributed by atoms with E-state index in [0.29, 0.717) is 11.5 Å². The monoisotopic (exact) mass is 350 g/mol. The minimum Gasteiger partial charge on any atom is -0.456 e. The third kappa shape index (κ3) is 3.04. The summed E-state index contributed by atoms with van der Waals surface area (Å²) in [6.07, 6.45) is 3.38. The molecule has 0 aliphatic rings. The predicted octanol–water partition coefficient (Wildman–Crippen LogP) is 5.05. The van der Waals surface area contributed by atoms with Gasteiger partial charge in [-0.25, -0.2) is 4.39 Å². The van der Waals surface area contributed by atoms with E-state index in [2.05, 4.69) is 16.9 Å². The maximum Gasteiger partial charge on any atom is 0.149 e. The van der Waals surface area contributed by atoms with Crippen molar-refractivity contribution in [3.63, 3.8) is 0 Å². The van der Waals surface area contributed by atoms with Crippen LogP contribution < -0.4 is 10.5 Å². The quantitative estimate of drug-likeness (QED) is 0.525. The Morgan fingerprint density at radius 2 is 1.96 bits per heavy atom. The summed E-state index contributed by atoms with van der Waals surface area (Å²) < 4.78 is 20.3. The van der Waals surface area contributed by atoms with E-state index >= 15 is 0 Å². The molecule has 4 nitrogen and oxygen atoms in total. The highest BCUT2D eigenvalue weighted by atomic mass is 32.1. The van der Waals surface area contributed by atoms with E-state index in [1.807, 2.05) is 18.2 Å². The van der Waals surface area contributed by atoms with Gasteiger partial charge in [0, 0.05) is 24.5 Å². The van der Waals surface area contributed by atoms with Crippen LogP contribution in [0.3, 0.4) is 0 Å². The summed E-state index contributed by atoms with van der Waals surface area (Å²) in [5.74, 6) is 0.486. The molecule has 0 spiro atoms. The number of hydrogen-bond acceptors (Lipinski definition) is 5. The summed E-state index contributed by atoms with van der Waals surface area (Å²) in [6, 6.07) is 11.9. The van der Waals surface area contributed by atoms with Gasteiger partial charge in [0.1, 0.15) is 17.3 Å². The zero-order chi connectivity index (χ0) is 17.4. The van der Waals surface area contributed by atoms with E-state index in [4.69, 9.17) is 10.5 Å². The number of pyridine rings is 2. The highest BCUT2D eigenvalue weighted by Crippen LogP contribution is 2.38. The van der Waals surface area contributed by atoms with Gasteiger partial charge in [-0.15, -0.1) is 11.3 Å². The molecule has 0 fully saturated rings. The minimum atomic E-state index is -0.507. The molecule has 0 saturated heterocycles. The number of nitrogens with zero attached hydrogens (tertiary/aromatic N) is 2. The van der Waals surface area contributed by atoms with Crippen LogP contribution >= 0.6 is 11.3 Å². The van der Waals surface area contributed by atoms with E-state index in [1.165, 1.54) is 23.5 Å². The molecule has 3 heterocycles. The van der Waals surface area contributed by atoms with Crippen molar-refractivity contribution >= 4 is 27.2 Å². The highest BCUT2D eigenvalue weighted by Gasteiger charge is 2.12. The molecule has 1 aromatic carbocycles. The molecule has 4 aromatic rings. The Morgan fingerprint density at radius 1 is 1.08 bits per heavy atom. The lowest BCUT2D eigenvalue weighted by Gasteiger charge is -2.07. The number of hydrogen-bond donors (Lipinski definition) is 1. The standard InChI is InChI=1S/C19H13FN3OS/c1-11-2-5-15(23-10-11)18-9-16-19(25-18)17(6-7-22-16)24-12-3-4-14(21)13(20)8-12/h2-10H,1,21H2. The molecule has 0 saturated carbocycles. The molecule has 1 radical (unpaired) electrons. The second-order valence-corrected chi connectivity index (χ2v) is 6.52. The molecule has 6 heteroatoms. The molecule has 3 aromatic heterocycles. The molecule has 25 heavy (non-hydrogen) atoms. The van der Waals surface area contributed by atoms with E-state index in [-0.39, 0.29) is 5.69 Å². The average Bonchev–Trinajstić information content (AvgIpc) is 3.04. The average molecular weight is 350 g/mol. The molecular weight excluding hydrogens is 337 g/mol. The number of rotatable bonds is 3. The van der Waals surface area contributed by atoms with Crippen molar-refractivity contribution in [2.24, 2.45) is 0 Å². The van der Waals surface area contributed by atoms with Gasteiger partial charge in [-0.1, -0.05) is 6.07 Å². The number of halogens is 1. The summed E-state index contributed by atoms with van der Waals surface area (Å²) in [7, 11) is 0. The van der Waals surface area contributed by atoms with E-state index in [9.17, 15) is 4.39 Å². The largest absolute Gasteiger partial charge is 0.456 e. The van der Waals surface area contributed by atoms with Crippen molar-refractivity contribution in [2.75, 3.05) is 5.73 Å². The lowest BCUT2D eigenvalue weighted by atomic mass is 10.2. The second-order valence-electron chi connectivity index (χ2n) is 5.47. The number of nitrogen functional groups attached to an aromatic ring is 1. The fourth-order valence-electron chi connectivity index (χ4n) is 2.39. The Morgan fingerprint density at radius 3 is 2.72 bits per heavy atom. The number of thiophene rings is 1. The van der Waals surface area contributed by atoms with Gasteiger partial charge in [0.25, 0.3) is 0 Å². The summed E-state index contributed by atoms with van der Waals surface area (Å²) in [5.41, 5.74) is 8.10. The summed E-state index contributed by atoms with van der Waals surface area (Å²) in [4.78, 5) is 9.74. The van der Waals surface area contributed by atoms with Crippen LogP contribution in [0.1, 0.15) is 5.56 Å². The van der Waals surface area contributed by atoms with Crippen molar-refractivity contribution in [1.82, 2.24) is 9.97 Å². The Balaban J connectivity index is 1.74. The number of aromatic nitrogens is 2. The number of fused-ring (bicyclic) bond motifs is 1. The first-order valence-corrected chi connectivity index (χ1v) is 8.31. The van der Waals surface area contributed by atoms with Crippen LogP contribution in [0.5, 0.6) is 11.5 Å². The van der Waals surface area contributed by atoms with E-state index < -0.39 is 5.82 Å². The Labute approximate surface area is 147 Å². The van der Waals surface area contributed by atoms with Gasteiger partial charge in [-0.05, 0) is 36.8 Å². The zero-order valence-corrected chi connectivity index (χ0v) is 13.9. The van der Waals surface area contributed by atoms with Gasteiger partial charge in [0.05, 0.1) is 26.5 Å². The Hall–Kier alpha value is -2.99. The molecule has 123 valence electrons. The van der Waals surface area contributed by atoms with Crippen molar-refractivity contribution in [3.8, 4) is 22.1 Å². The number of benzene rings is 1. The van der Waals surface area contributed by atoms with Gasteiger partial charge < -0.3 is 10.5 Å². The summed E-state index contributed by atoms with van der Waals surface area (Å²) in [6.45, 7) is 3.84. The molecular formula is C19H13FN3OS. The Kier molecular flexibility index (Phi) is 3.82. The van der Waals surface area contributed by atoms with Gasteiger partial charge in [-0.2, -0.15) is 0 Å². The molecule has 4 rings (SSSR count). The highest BCUT2D eigenvalue weighted by molar-refractivity contribution is 7.22. The maximum absolute atomic E-state index is 13.6.